The van der Waals surface area contributed by atoms with Crippen LogP contribution in [-0.2, 0) is 17.8 Å². The summed E-state index contributed by atoms with van der Waals surface area (Å²) in [7, 11) is 0. The first-order chi connectivity index (χ1) is 17.7. The highest BCUT2D eigenvalue weighted by molar-refractivity contribution is 6.07. The predicted molar refractivity (Wildman–Crippen MR) is 141 cm³/mol. The minimum absolute atomic E-state index is 0.0362. The highest BCUT2D eigenvalue weighted by Gasteiger charge is 2.17. The Labute approximate surface area is 211 Å². The number of amides is 2. The van der Waals surface area contributed by atoms with Crippen molar-refractivity contribution >= 4 is 22.7 Å². The monoisotopic (exact) mass is 481 g/mol. The molecule has 4 aromatic rings. The smallest absolute Gasteiger partial charge is 0.253 e. The Hall–Kier alpha value is -3.97. The molecule has 7 heteroatoms. The van der Waals surface area contributed by atoms with Crippen molar-refractivity contribution in [1.82, 2.24) is 25.1 Å². The number of para-hydroxylation sites is 1. The third-order valence-corrected chi connectivity index (χ3v) is 6.66. The number of likely N-dealkylation sites (tertiary alicyclic amines) is 1. The van der Waals surface area contributed by atoms with Gasteiger partial charge in [-0.05, 0) is 61.3 Å². The van der Waals surface area contributed by atoms with E-state index in [9.17, 15) is 9.59 Å². The van der Waals surface area contributed by atoms with Crippen LogP contribution >= 0.6 is 0 Å². The molecule has 7 nitrogen and oxygen atoms in total. The molecule has 2 amide bonds. The molecule has 2 N–H and O–H groups in total. The SMILES string of the molecule is O=C(Cc1ccc(-n2cc(C(=O)NCCN3CCCC3)c3ccccc32)cc1)NCc1cccnc1. The lowest BCUT2D eigenvalue weighted by Crippen LogP contribution is -2.33. The zero-order chi connectivity index (χ0) is 24.7. The van der Waals surface area contributed by atoms with E-state index in [1.54, 1.807) is 12.4 Å². The summed E-state index contributed by atoms with van der Waals surface area (Å²) >= 11 is 0. The van der Waals surface area contributed by atoms with Crippen LogP contribution < -0.4 is 10.6 Å². The molecular weight excluding hydrogens is 450 g/mol. The Morgan fingerprint density at radius 3 is 2.47 bits per heavy atom. The highest BCUT2D eigenvalue weighted by Crippen LogP contribution is 2.25. The molecule has 0 aliphatic carbocycles. The highest BCUT2D eigenvalue weighted by atomic mass is 16.2. The van der Waals surface area contributed by atoms with Crippen LogP contribution in [0.1, 0.15) is 34.3 Å². The van der Waals surface area contributed by atoms with Crippen molar-refractivity contribution in [3.63, 3.8) is 0 Å². The number of benzene rings is 2. The number of rotatable bonds is 9. The summed E-state index contributed by atoms with van der Waals surface area (Å²) in [5.74, 6) is -0.0861. The molecule has 0 atom stereocenters. The van der Waals surface area contributed by atoms with E-state index in [-0.39, 0.29) is 11.8 Å². The number of nitrogens with one attached hydrogen (secondary N) is 2. The summed E-state index contributed by atoms with van der Waals surface area (Å²) in [4.78, 5) is 31.9. The zero-order valence-electron chi connectivity index (χ0n) is 20.3. The third kappa shape index (κ3) is 5.63. The molecule has 0 radical (unpaired) electrons. The lowest BCUT2D eigenvalue weighted by Gasteiger charge is -2.14. The molecule has 0 bridgehead atoms. The summed E-state index contributed by atoms with van der Waals surface area (Å²) < 4.78 is 2.04. The molecule has 0 spiro atoms. The molecule has 5 rings (SSSR count). The molecule has 1 fully saturated rings. The third-order valence-electron chi connectivity index (χ3n) is 6.66. The maximum atomic E-state index is 13.0. The van der Waals surface area contributed by atoms with Crippen LogP contribution in [0.2, 0.25) is 0 Å². The van der Waals surface area contributed by atoms with Gasteiger partial charge in [0.2, 0.25) is 5.91 Å². The first-order valence-corrected chi connectivity index (χ1v) is 12.5. The number of hydrogen-bond acceptors (Lipinski definition) is 4. The van der Waals surface area contributed by atoms with Crippen LogP contribution in [0.3, 0.4) is 0 Å². The predicted octanol–water partition coefficient (Wildman–Crippen LogP) is 3.71. The molecule has 36 heavy (non-hydrogen) atoms. The topological polar surface area (TPSA) is 79.3 Å². The van der Waals surface area contributed by atoms with Crippen LogP contribution in [0.25, 0.3) is 16.6 Å². The molecule has 2 aromatic carbocycles. The molecule has 3 heterocycles. The second-order valence-electron chi connectivity index (χ2n) is 9.22. The fourth-order valence-electron chi connectivity index (χ4n) is 4.73. The van der Waals surface area contributed by atoms with Crippen molar-refractivity contribution in [1.29, 1.82) is 0 Å². The van der Waals surface area contributed by atoms with Gasteiger partial charge in [0, 0.05) is 49.3 Å². The maximum Gasteiger partial charge on any atom is 0.253 e. The Morgan fingerprint density at radius 2 is 1.69 bits per heavy atom. The van der Waals surface area contributed by atoms with E-state index < -0.39 is 0 Å². The molecule has 0 saturated carbocycles. The summed E-state index contributed by atoms with van der Waals surface area (Å²) in [6, 6.07) is 19.7. The van der Waals surface area contributed by atoms with Crippen LogP contribution in [0.5, 0.6) is 0 Å². The average molecular weight is 482 g/mol. The largest absolute Gasteiger partial charge is 0.352 e. The van der Waals surface area contributed by atoms with E-state index >= 15 is 0 Å². The van der Waals surface area contributed by atoms with E-state index in [0.717, 1.165) is 47.4 Å². The van der Waals surface area contributed by atoms with E-state index in [4.69, 9.17) is 0 Å². The number of carbonyl (C=O) groups excluding carboxylic acids is 2. The van der Waals surface area contributed by atoms with Gasteiger partial charge in [0.1, 0.15) is 0 Å². The van der Waals surface area contributed by atoms with Gasteiger partial charge in [-0.1, -0.05) is 36.4 Å². The van der Waals surface area contributed by atoms with Crippen molar-refractivity contribution < 1.29 is 9.59 Å². The maximum absolute atomic E-state index is 13.0. The van der Waals surface area contributed by atoms with E-state index in [2.05, 4.69) is 20.5 Å². The molecule has 1 aliphatic rings. The molecular formula is C29H31N5O2. The van der Waals surface area contributed by atoms with Gasteiger partial charge >= 0.3 is 0 Å². The van der Waals surface area contributed by atoms with E-state index in [1.165, 1.54) is 12.8 Å². The Balaban J connectivity index is 1.25. The fraction of sp³-hybridized carbons (Fsp3) is 0.276. The zero-order valence-corrected chi connectivity index (χ0v) is 20.3. The van der Waals surface area contributed by atoms with Crippen LogP contribution in [0, 0.1) is 0 Å². The van der Waals surface area contributed by atoms with Gasteiger partial charge in [-0.15, -0.1) is 0 Å². The van der Waals surface area contributed by atoms with Gasteiger partial charge < -0.3 is 20.1 Å². The minimum Gasteiger partial charge on any atom is -0.352 e. The summed E-state index contributed by atoms with van der Waals surface area (Å²) in [5, 5.41) is 6.96. The second kappa shape index (κ2) is 11.2. The van der Waals surface area contributed by atoms with E-state index in [0.29, 0.717) is 25.1 Å². The van der Waals surface area contributed by atoms with Gasteiger partial charge in [-0.3, -0.25) is 14.6 Å². The Kier molecular flexibility index (Phi) is 7.38. The van der Waals surface area contributed by atoms with Crippen LogP contribution in [0.15, 0.2) is 79.3 Å². The standard InChI is InChI=1S/C29H31N5O2/c35-28(32-20-23-6-5-13-30-19-23)18-22-9-11-24(12-10-22)34-21-26(25-7-1-2-8-27(25)34)29(36)31-14-17-33-15-3-4-16-33/h1-2,5-13,19,21H,3-4,14-18,20H2,(H,31,36)(H,32,35). The normalized spacial score (nSPS) is 13.7. The summed E-state index contributed by atoms with van der Waals surface area (Å²) in [6.45, 7) is 4.25. The van der Waals surface area contributed by atoms with Crippen molar-refractivity contribution in [2.45, 2.75) is 25.8 Å². The number of nitrogens with zero attached hydrogens (tertiary/aromatic N) is 3. The van der Waals surface area contributed by atoms with Gasteiger partial charge in [-0.2, -0.15) is 0 Å². The van der Waals surface area contributed by atoms with Crippen molar-refractivity contribution in [2.24, 2.45) is 0 Å². The number of hydrogen-bond donors (Lipinski definition) is 2. The Bertz CT molecular complexity index is 1330. The number of pyridine rings is 1. The number of aromatic nitrogens is 2. The lowest BCUT2D eigenvalue weighted by molar-refractivity contribution is -0.120. The first-order valence-electron chi connectivity index (χ1n) is 12.5. The molecule has 1 saturated heterocycles. The fourth-order valence-corrected chi connectivity index (χ4v) is 4.73. The lowest BCUT2D eigenvalue weighted by atomic mass is 10.1. The van der Waals surface area contributed by atoms with Crippen LogP contribution in [0.4, 0.5) is 0 Å². The van der Waals surface area contributed by atoms with Crippen LogP contribution in [-0.4, -0.2) is 52.4 Å². The van der Waals surface area contributed by atoms with Crippen molar-refractivity contribution in [3.8, 4) is 5.69 Å². The van der Waals surface area contributed by atoms with E-state index in [1.807, 2.05) is 71.4 Å². The summed E-state index contributed by atoms with van der Waals surface area (Å²) in [5.41, 5.74) is 4.49. The van der Waals surface area contributed by atoms with Gasteiger partial charge in [-0.25, -0.2) is 0 Å². The van der Waals surface area contributed by atoms with Crippen molar-refractivity contribution in [3.05, 3.63) is 95.9 Å². The summed E-state index contributed by atoms with van der Waals surface area (Å²) in [6.07, 6.45) is 8.17. The van der Waals surface area contributed by atoms with Gasteiger partial charge in [0.15, 0.2) is 0 Å². The molecule has 184 valence electrons. The van der Waals surface area contributed by atoms with Gasteiger partial charge in [0.05, 0.1) is 17.5 Å². The Morgan fingerprint density at radius 1 is 0.889 bits per heavy atom. The average Bonchev–Trinajstić information content (AvgIpc) is 3.57. The quantitative estimate of drug-likeness (QED) is 0.382. The molecule has 1 aliphatic heterocycles. The number of carbonyl (C=O) groups is 2. The van der Waals surface area contributed by atoms with Crippen molar-refractivity contribution in [2.75, 3.05) is 26.2 Å². The minimum atomic E-state index is -0.0499. The molecule has 2 aromatic heterocycles. The second-order valence-corrected chi connectivity index (χ2v) is 9.22. The number of fused-ring (bicyclic) bond motifs is 1. The molecule has 0 unspecified atom stereocenters. The first kappa shape index (κ1) is 23.8. The van der Waals surface area contributed by atoms with Gasteiger partial charge in [0.25, 0.3) is 5.91 Å².